The number of benzene rings is 1. The third-order valence-corrected chi connectivity index (χ3v) is 6.28. The maximum atomic E-state index is 12.7. The maximum Gasteiger partial charge on any atom is 0.336 e. The summed E-state index contributed by atoms with van der Waals surface area (Å²) in [5, 5.41) is 3.89. The average Bonchev–Trinajstić information content (AvgIpc) is 3.09. The van der Waals surface area contributed by atoms with E-state index in [0.717, 1.165) is 16.5 Å². The number of nitrogens with two attached hydrogens (primary N) is 1. The van der Waals surface area contributed by atoms with Gasteiger partial charge in [0.05, 0.1) is 5.82 Å². The number of nitrogens with one attached hydrogen (secondary N) is 1. The molecule has 0 bridgehead atoms. The third kappa shape index (κ3) is 3.90. The monoisotopic (exact) mass is 436 g/mol. The van der Waals surface area contributed by atoms with Crippen molar-refractivity contribution < 1.29 is 18.7 Å². The first kappa shape index (κ1) is 21.7. The molecule has 0 amide bonds. The Hall–Kier alpha value is -3.48. The van der Waals surface area contributed by atoms with Gasteiger partial charge in [-0.1, -0.05) is 12.2 Å². The number of allylic oxidation sites excluding steroid dienone is 2. The van der Waals surface area contributed by atoms with E-state index in [0.29, 0.717) is 42.1 Å². The van der Waals surface area contributed by atoms with E-state index in [4.69, 9.17) is 19.6 Å². The molecule has 32 heavy (non-hydrogen) atoms. The van der Waals surface area contributed by atoms with Crippen molar-refractivity contribution in [1.82, 2.24) is 5.32 Å². The molecule has 3 heterocycles. The minimum Gasteiger partial charge on any atom is -0.482 e. The lowest BCUT2D eigenvalue weighted by Crippen LogP contribution is -2.56. The fourth-order valence-corrected chi connectivity index (χ4v) is 4.16. The highest BCUT2D eigenvalue weighted by atomic mass is 16.6. The zero-order valence-corrected chi connectivity index (χ0v) is 18.8. The van der Waals surface area contributed by atoms with Crippen molar-refractivity contribution in [2.24, 2.45) is 5.73 Å². The van der Waals surface area contributed by atoms with Crippen molar-refractivity contribution in [2.75, 3.05) is 6.54 Å². The zero-order chi connectivity index (χ0) is 23.1. The molecule has 168 valence electrons. The van der Waals surface area contributed by atoms with Crippen LogP contribution < -0.4 is 21.4 Å². The van der Waals surface area contributed by atoms with E-state index < -0.39 is 16.8 Å². The highest BCUT2D eigenvalue weighted by Gasteiger charge is 2.54. The zero-order valence-electron chi connectivity index (χ0n) is 18.8. The molecule has 1 atom stereocenters. The van der Waals surface area contributed by atoms with Gasteiger partial charge in [0.2, 0.25) is 0 Å². The number of carbonyl (C=O) groups excluding carboxylic acids is 1. The number of rotatable bonds is 5. The van der Waals surface area contributed by atoms with Crippen molar-refractivity contribution in [3.63, 3.8) is 0 Å². The first-order valence-corrected chi connectivity index (χ1v) is 10.6. The summed E-state index contributed by atoms with van der Waals surface area (Å²) in [6, 6.07) is 6.84. The van der Waals surface area contributed by atoms with E-state index in [1.807, 2.05) is 26.0 Å². The quantitative estimate of drug-likeness (QED) is 0.420. The average molecular weight is 437 g/mol. The van der Waals surface area contributed by atoms with Gasteiger partial charge in [-0.05, 0) is 57.0 Å². The Morgan fingerprint density at radius 2 is 2.12 bits per heavy atom. The normalized spacial score (nSPS) is 20.7. The number of hydrogen-bond acceptors (Lipinski definition) is 7. The van der Waals surface area contributed by atoms with E-state index >= 15 is 0 Å². The van der Waals surface area contributed by atoms with Gasteiger partial charge in [0.15, 0.2) is 5.60 Å². The van der Waals surface area contributed by atoms with Crippen molar-refractivity contribution in [1.29, 1.82) is 0 Å². The highest BCUT2D eigenvalue weighted by Crippen LogP contribution is 2.47. The van der Waals surface area contributed by atoms with Gasteiger partial charge in [0.25, 0.3) is 0 Å². The molecule has 1 aromatic heterocycles. The Balaban J connectivity index is 1.77. The number of ether oxygens (including phenoxy) is 2. The van der Waals surface area contributed by atoms with E-state index in [9.17, 15) is 9.59 Å². The minimum atomic E-state index is -0.977. The van der Waals surface area contributed by atoms with Crippen LogP contribution in [0.25, 0.3) is 11.0 Å². The van der Waals surface area contributed by atoms with Crippen LogP contribution >= 0.6 is 0 Å². The largest absolute Gasteiger partial charge is 0.482 e. The SMILES string of the molecule is CC=C(C)C(=O)OC(C)(C)C1(CC2=CCNC(N)=C2)Cc2cc3ccc(=O)oc3cc2O1. The molecule has 0 saturated carbocycles. The molecule has 7 nitrogen and oxygen atoms in total. The van der Waals surface area contributed by atoms with Crippen molar-refractivity contribution in [2.45, 2.75) is 51.7 Å². The lowest BCUT2D eigenvalue weighted by Gasteiger charge is -2.43. The van der Waals surface area contributed by atoms with Gasteiger partial charge in [0.1, 0.15) is 16.9 Å². The standard InChI is InChI=1S/C25H28N2O5/c1-5-15(2)23(29)32-24(3,4)25(13-16-8-9-27-21(26)10-16)14-18-11-17-6-7-22(28)30-19(17)12-20(18)31-25/h5-8,10-12,27H,9,13-14,26H2,1-4H3. The molecule has 3 N–H and O–H groups in total. The van der Waals surface area contributed by atoms with E-state index in [-0.39, 0.29) is 5.97 Å². The molecule has 0 spiro atoms. The van der Waals surface area contributed by atoms with Gasteiger partial charge in [-0.3, -0.25) is 0 Å². The predicted octanol–water partition coefficient (Wildman–Crippen LogP) is 3.47. The second-order valence-electron chi connectivity index (χ2n) is 8.83. The molecular weight excluding hydrogens is 408 g/mol. The highest BCUT2D eigenvalue weighted by molar-refractivity contribution is 5.88. The Morgan fingerprint density at radius 3 is 2.84 bits per heavy atom. The predicted molar refractivity (Wildman–Crippen MR) is 122 cm³/mol. The number of esters is 1. The molecule has 0 fully saturated rings. The molecule has 4 rings (SSSR count). The van der Waals surface area contributed by atoms with Crippen molar-refractivity contribution in [3.05, 3.63) is 75.4 Å². The molecule has 2 aromatic rings. The van der Waals surface area contributed by atoms with Gasteiger partial charge < -0.3 is 24.9 Å². The summed E-state index contributed by atoms with van der Waals surface area (Å²) in [4.78, 5) is 24.4. The molecule has 0 radical (unpaired) electrons. The number of fused-ring (bicyclic) bond motifs is 2. The number of hydrogen-bond donors (Lipinski definition) is 2. The van der Waals surface area contributed by atoms with Crippen LogP contribution in [0.5, 0.6) is 5.75 Å². The molecule has 7 heteroatoms. The molecule has 1 aromatic carbocycles. The summed E-state index contributed by atoms with van der Waals surface area (Å²) in [5.41, 5.74) is 6.66. The Morgan fingerprint density at radius 1 is 1.34 bits per heavy atom. The van der Waals surface area contributed by atoms with Crippen LogP contribution in [0.3, 0.4) is 0 Å². The number of dihydropyridines is 1. The van der Waals surface area contributed by atoms with Crippen molar-refractivity contribution in [3.8, 4) is 5.75 Å². The fraction of sp³-hybridized carbons (Fsp3) is 0.360. The van der Waals surface area contributed by atoms with Crippen LogP contribution in [-0.2, 0) is 16.0 Å². The van der Waals surface area contributed by atoms with Crippen LogP contribution in [0.2, 0.25) is 0 Å². The van der Waals surface area contributed by atoms with Gasteiger partial charge in [-0.2, -0.15) is 0 Å². The van der Waals surface area contributed by atoms with E-state index in [1.54, 1.807) is 32.1 Å². The van der Waals surface area contributed by atoms with Gasteiger partial charge in [-0.15, -0.1) is 0 Å². The smallest absolute Gasteiger partial charge is 0.336 e. The van der Waals surface area contributed by atoms with E-state index in [1.165, 1.54) is 6.07 Å². The second-order valence-corrected chi connectivity index (χ2v) is 8.83. The fourth-order valence-electron chi connectivity index (χ4n) is 4.16. The van der Waals surface area contributed by atoms with Crippen LogP contribution in [0.15, 0.2) is 68.7 Å². The Kier molecular flexibility index (Phi) is 5.36. The van der Waals surface area contributed by atoms with Crippen molar-refractivity contribution >= 4 is 16.9 Å². The molecule has 0 saturated heterocycles. The van der Waals surface area contributed by atoms with Crippen LogP contribution in [-0.4, -0.2) is 23.7 Å². The summed E-state index contributed by atoms with van der Waals surface area (Å²) < 4.78 is 17.9. The topological polar surface area (TPSA) is 104 Å². The van der Waals surface area contributed by atoms with Crippen LogP contribution in [0.1, 0.15) is 39.7 Å². The lowest BCUT2D eigenvalue weighted by atomic mass is 9.77. The first-order valence-electron chi connectivity index (χ1n) is 10.6. The van der Waals surface area contributed by atoms with Crippen LogP contribution in [0.4, 0.5) is 0 Å². The molecule has 0 aliphatic carbocycles. The minimum absolute atomic E-state index is 0.387. The first-order chi connectivity index (χ1) is 15.1. The van der Waals surface area contributed by atoms with Gasteiger partial charge in [-0.25, -0.2) is 9.59 Å². The second kappa shape index (κ2) is 7.89. The summed E-state index contributed by atoms with van der Waals surface area (Å²) in [7, 11) is 0. The Labute approximate surface area is 186 Å². The summed E-state index contributed by atoms with van der Waals surface area (Å²) in [5.74, 6) is 0.812. The number of carbonyl (C=O) groups is 1. The Bertz CT molecular complexity index is 1230. The molecule has 1 unspecified atom stereocenters. The lowest BCUT2D eigenvalue weighted by molar-refractivity contribution is -0.174. The summed E-state index contributed by atoms with van der Waals surface area (Å²) in [6.07, 6.45) is 6.66. The van der Waals surface area contributed by atoms with Gasteiger partial charge in [0, 0.05) is 42.5 Å². The third-order valence-electron chi connectivity index (χ3n) is 6.28. The summed E-state index contributed by atoms with van der Waals surface area (Å²) in [6.45, 7) is 7.88. The molecular formula is C25H28N2O5. The molecule has 2 aliphatic rings. The summed E-state index contributed by atoms with van der Waals surface area (Å²) >= 11 is 0. The maximum absolute atomic E-state index is 12.7. The van der Waals surface area contributed by atoms with Crippen LogP contribution in [0, 0.1) is 0 Å². The van der Waals surface area contributed by atoms with Gasteiger partial charge >= 0.3 is 11.6 Å². The van der Waals surface area contributed by atoms with E-state index in [2.05, 4.69) is 11.4 Å². The molecule has 2 aliphatic heterocycles.